The minimum absolute atomic E-state index is 0.407. The molecule has 1 heterocycles. The Morgan fingerprint density at radius 2 is 1.35 bits per heavy atom. The first kappa shape index (κ1) is 16.2. The standard InChI is InChI=1S/C21H27NO/c1-17(2)13-20-21(23-20)16-22(14-18-9-5-3-6-10-18)15-19-11-7-4-8-12-19/h3-12,17,20-21H,13-16H2,1-2H3/t20-,21+/m0/s1. The molecule has 1 aliphatic heterocycles. The Balaban J connectivity index is 1.62. The van der Waals surface area contributed by atoms with Gasteiger partial charge in [0, 0.05) is 19.6 Å². The van der Waals surface area contributed by atoms with Gasteiger partial charge in [0.1, 0.15) is 0 Å². The fourth-order valence-corrected chi connectivity index (χ4v) is 3.13. The summed E-state index contributed by atoms with van der Waals surface area (Å²) >= 11 is 0. The Kier molecular flexibility index (Phi) is 5.47. The molecule has 0 amide bonds. The maximum absolute atomic E-state index is 5.89. The third-order valence-corrected chi connectivity index (χ3v) is 4.33. The Hall–Kier alpha value is -1.64. The second-order valence-corrected chi connectivity index (χ2v) is 6.98. The van der Waals surface area contributed by atoms with Crippen molar-refractivity contribution >= 4 is 0 Å². The van der Waals surface area contributed by atoms with Gasteiger partial charge in [0.2, 0.25) is 0 Å². The summed E-state index contributed by atoms with van der Waals surface area (Å²) in [6, 6.07) is 21.4. The first-order valence-corrected chi connectivity index (χ1v) is 8.66. The lowest BCUT2D eigenvalue weighted by Crippen LogP contribution is -2.28. The zero-order valence-electron chi connectivity index (χ0n) is 14.2. The Morgan fingerprint density at radius 3 is 1.83 bits per heavy atom. The monoisotopic (exact) mass is 309 g/mol. The first-order valence-electron chi connectivity index (χ1n) is 8.66. The molecule has 122 valence electrons. The number of hydrogen-bond acceptors (Lipinski definition) is 2. The van der Waals surface area contributed by atoms with Crippen LogP contribution in [0.5, 0.6) is 0 Å². The van der Waals surface area contributed by atoms with E-state index in [1.54, 1.807) is 0 Å². The summed E-state index contributed by atoms with van der Waals surface area (Å²) in [5.41, 5.74) is 2.73. The average Bonchev–Trinajstić information content (AvgIpc) is 3.25. The number of benzene rings is 2. The number of nitrogens with zero attached hydrogens (tertiary/aromatic N) is 1. The Labute approximate surface area is 140 Å². The van der Waals surface area contributed by atoms with E-state index in [1.807, 2.05) is 0 Å². The van der Waals surface area contributed by atoms with E-state index < -0.39 is 0 Å². The van der Waals surface area contributed by atoms with Crippen molar-refractivity contribution in [2.24, 2.45) is 5.92 Å². The molecular formula is C21H27NO. The Morgan fingerprint density at radius 1 is 0.826 bits per heavy atom. The van der Waals surface area contributed by atoms with Crippen molar-refractivity contribution < 1.29 is 4.74 Å². The molecule has 2 aromatic rings. The largest absolute Gasteiger partial charge is 0.368 e. The second kappa shape index (κ2) is 7.76. The van der Waals surface area contributed by atoms with E-state index >= 15 is 0 Å². The molecule has 0 bridgehead atoms. The van der Waals surface area contributed by atoms with Crippen LogP contribution < -0.4 is 0 Å². The summed E-state index contributed by atoms with van der Waals surface area (Å²) in [6.45, 7) is 7.50. The molecule has 1 fully saturated rings. The molecule has 1 aliphatic rings. The smallest absolute Gasteiger partial charge is 0.0968 e. The van der Waals surface area contributed by atoms with Crippen LogP contribution >= 0.6 is 0 Å². The SMILES string of the molecule is CC(C)C[C@@H]1O[C@@H]1CN(Cc1ccccc1)Cc1ccccc1. The van der Waals surface area contributed by atoms with Crippen LogP contribution in [0.25, 0.3) is 0 Å². The van der Waals surface area contributed by atoms with Crippen molar-refractivity contribution in [3.8, 4) is 0 Å². The van der Waals surface area contributed by atoms with Gasteiger partial charge in [-0.25, -0.2) is 0 Å². The van der Waals surface area contributed by atoms with Crippen LogP contribution in [0.1, 0.15) is 31.4 Å². The van der Waals surface area contributed by atoms with Gasteiger partial charge in [-0.2, -0.15) is 0 Å². The van der Waals surface area contributed by atoms with Crippen LogP contribution in [-0.2, 0) is 17.8 Å². The molecule has 0 spiro atoms. The van der Waals surface area contributed by atoms with E-state index in [2.05, 4.69) is 79.4 Å². The van der Waals surface area contributed by atoms with Gasteiger partial charge in [-0.05, 0) is 23.5 Å². The second-order valence-electron chi connectivity index (χ2n) is 6.98. The minimum Gasteiger partial charge on any atom is -0.368 e. The highest BCUT2D eigenvalue weighted by atomic mass is 16.6. The normalized spacial score (nSPS) is 20.2. The third kappa shape index (κ3) is 5.19. The maximum Gasteiger partial charge on any atom is 0.0968 e. The molecule has 0 radical (unpaired) electrons. The van der Waals surface area contributed by atoms with E-state index in [9.17, 15) is 0 Å². The van der Waals surface area contributed by atoms with E-state index in [-0.39, 0.29) is 0 Å². The van der Waals surface area contributed by atoms with Crippen molar-refractivity contribution in [1.82, 2.24) is 4.90 Å². The third-order valence-electron chi connectivity index (χ3n) is 4.33. The van der Waals surface area contributed by atoms with Crippen LogP contribution in [0.2, 0.25) is 0 Å². The van der Waals surface area contributed by atoms with Gasteiger partial charge >= 0.3 is 0 Å². The van der Waals surface area contributed by atoms with Crippen molar-refractivity contribution in [2.45, 2.75) is 45.6 Å². The fourth-order valence-electron chi connectivity index (χ4n) is 3.13. The molecule has 1 saturated heterocycles. The number of rotatable bonds is 8. The van der Waals surface area contributed by atoms with Gasteiger partial charge in [-0.15, -0.1) is 0 Å². The number of ether oxygens (including phenoxy) is 1. The molecule has 0 aliphatic carbocycles. The number of hydrogen-bond donors (Lipinski definition) is 0. The van der Waals surface area contributed by atoms with Gasteiger partial charge in [-0.3, -0.25) is 4.90 Å². The predicted octanol–water partition coefficient (Wildman–Crippen LogP) is 4.50. The lowest BCUT2D eigenvalue weighted by Gasteiger charge is -2.22. The first-order chi connectivity index (χ1) is 11.2. The zero-order chi connectivity index (χ0) is 16.1. The molecule has 3 rings (SSSR count). The van der Waals surface area contributed by atoms with Gasteiger partial charge in [0.05, 0.1) is 12.2 Å². The van der Waals surface area contributed by atoms with Crippen LogP contribution in [0.4, 0.5) is 0 Å². The summed E-state index contributed by atoms with van der Waals surface area (Å²) in [4.78, 5) is 2.51. The van der Waals surface area contributed by atoms with Crippen molar-refractivity contribution in [1.29, 1.82) is 0 Å². The maximum atomic E-state index is 5.89. The molecule has 2 atom stereocenters. The summed E-state index contributed by atoms with van der Waals surface area (Å²) in [7, 11) is 0. The highest BCUT2D eigenvalue weighted by Gasteiger charge is 2.39. The molecule has 23 heavy (non-hydrogen) atoms. The molecule has 0 unspecified atom stereocenters. The van der Waals surface area contributed by atoms with Gasteiger partial charge in [0.25, 0.3) is 0 Å². The van der Waals surface area contributed by atoms with Crippen molar-refractivity contribution in [3.05, 3.63) is 71.8 Å². The minimum atomic E-state index is 0.407. The van der Waals surface area contributed by atoms with E-state index in [0.717, 1.165) is 19.6 Å². The average molecular weight is 309 g/mol. The van der Waals surface area contributed by atoms with E-state index in [0.29, 0.717) is 18.1 Å². The van der Waals surface area contributed by atoms with E-state index in [1.165, 1.54) is 17.5 Å². The molecule has 2 aromatic carbocycles. The van der Waals surface area contributed by atoms with Crippen LogP contribution in [0.3, 0.4) is 0 Å². The highest BCUT2D eigenvalue weighted by molar-refractivity contribution is 5.17. The molecular weight excluding hydrogens is 282 g/mol. The molecule has 0 saturated carbocycles. The van der Waals surface area contributed by atoms with Gasteiger partial charge in [-0.1, -0.05) is 74.5 Å². The predicted molar refractivity (Wildman–Crippen MR) is 95.1 cm³/mol. The van der Waals surface area contributed by atoms with E-state index in [4.69, 9.17) is 4.74 Å². The zero-order valence-corrected chi connectivity index (χ0v) is 14.2. The summed E-state index contributed by atoms with van der Waals surface area (Å²) in [5, 5.41) is 0. The Bertz CT molecular complexity index is 540. The van der Waals surface area contributed by atoms with Crippen molar-refractivity contribution in [3.63, 3.8) is 0 Å². The van der Waals surface area contributed by atoms with Crippen molar-refractivity contribution in [2.75, 3.05) is 6.54 Å². The highest BCUT2D eigenvalue weighted by Crippen LogP contribution is 2.30. The molecule has 0 N–H and O–H groups in total. The molecule has 0 aromatic heterocycles. The van der Waals surface area contributed by atoms with Crippen LogP contribution in [0, 0.1) is 5.92 Å². The fraction of sp³-hybridized carbons (Fsp3) is 0.429. The molecule has 2 heteroatoms. The topological polar surface area (TPSA) is 15.8 Å². The van der Waals surface area contributed by atoms with Crippen LogP contribution in [-0.4, -0.2) is 23.7 Å². The summed E-state index contributed by atoms with van der Waals surface area (Å²) < 4.78 is 5.89. The lowest BCUT2D eigenvalue weighted by atomic mass is 10.1. The quantitative estimate of drug-likeness (QED) is 0.667. The lowest BCUT2D eigenvalue weighted by molar-refractivity contribution is 0.225. The molecule has 2 nitrogen and oxygen atoms in total. The summed E-state index contributed by atoms with van der Waals surface area (Å²) in [5.74, 6) is 0.710. The van der Waals surface area contributed by atoms with Gasteiger partial charge < -0.3 is 4.74 Å². The van der Waals surface area contributed by atoms with Gasteiger partial charge in [0.15, 0.2) is 0 Å². The number of epoxide rings is 1. The summed E-state index contributed by atoms with van der Waals surface area (Å²) in [6.07, 6.45) is 2.05. The van der Waals surface area contributed by atoms with Crippen LogP contribution in [0.15, 0.2) is 60.7 Å².